The summed E-state index contributed by atoms with van der Waals surface area (Å²) in [5.41, 5.74) is 4.31. The molecule has 2 aromatic rings. The molecule has 2 aromatic carbocycles. The molecule has 0 saturated carbocycles. The fourth-order valence-electron chi connectivity index (χ4n) is 5.01. The molecular formula is C24H29NO2. The Hall–Kier alpha value is -1.84. The Bertz CT molecular complexity index is 794. The third kappa shape index (κ3) is 3.51. The van der Waals surface area contributed by atoms with E-state index in [2.05, 4.69) is 53.4 Å². The molecule has 27 heavy (non-hydrogen) atoms. The number of piperidine rings is 1. The monoisotopic (exact) mass is 363 g/mol. The molecule has 0 unspecified atom stereocenters. The van der Waals surface area contributed by atoms with Gasteiger partial charge in [0.25, 0.3) is 0 Å². The zero-order valence-corrected chi connectivity index (χ0v) is 16.0. The highest BCUT2D eigenvalue weighted by Gasteiger charge is 2.39. The van der Waals surface area contributed by atoms with Gasteiger partial charge in [0, 0.05) is 19.6 Å². The molecule has 3 heteroatoms. The van der Waals surface area contributed by atoms with Gasteiger partial charge in [-0.25, -0.2) is 0 Å². The Balaban J connectivity index is 1.11. The van der Waals surface area contributed by atoms with E-state index in [9.17, 15) is 0 Å². The van der Waals surface area contributed by atoms with Gasteiger partial charge in [-0.1, -0.05) is 42.5 Å². The molecule has 0 aromatic heterocycles. The average molecular weight is 364 g/mol. The number of nitrogens with zero attached hydrogens (tertiary/aromatic N) is 1. The summed E-state index contributed by atoms with van der Waals surface area (Å²) >= 11 is 0. The lowest BCUT2D eigenvalue weighted by atomic mass is 9.83. The first-order valence-corrected chi connectivity index (χ1v) is 10.5. The van der Waals surface area contributed by atoms with Crippen LogP contribution in [0.2, 0.25) is 0 Å². The van der Waals surface area contributed by atoms with Crippen molar-refractivity contribution in [1.29, 1.82) is 0 Å². The maximum atomic E-state index is 6.48. The van der Waals surface area contributed by atoms with Crippen molar-refractivity contribution in [3.05, 3.63) is 65.2 Å². The van der Waals surface area contributed by atoms with Crippen LogP contribution in [0, 0.1) is 0 Å². The summed E-state index contributed by atoms with van der Waals surface area (Å²) in [6.07, 6.45) is 7.17. The minimum Gasteiger partial charge on any atom is -0.487 e. The molecule has 5 rings (SSSR count). The summed E-state index contributed by atoms with van der Waals surface area (Å²) in [5, 5.41) is 0. The molecule has 2 aliphatic heterocycles. The molecule has 1 spiro atoms. The highest BCUT2D eigenvalue weighted by molar-refractivity contribution is 5.36. The van der Waals surface area contributed by atoms with Crippen LogP contribution in [0.15, 0.2) is 48.5 Å². The smallest absolute Gasteiger partial charge is 0.123 e. The number of likely N-dealkylation sites (tertiary alicyclic amines) is 1. The molecule has 0 amide bonds. The minimum absolute atomic E-state index is 0.0656. The van der Waals surface area contributed by atoms with E-state index >= 15 is 0 Å². The van der Waals surface area contributed by atoms with Crippen molar-refractivity contribution in [2.75, 3.05) is 26.2 Å². The Morgan fingerprint density at radius 3 is 2.59 bits per heavy atom. The molecule has 1 fully saturated rings. The number of hydrogen-bond acceptors (Lipinski definition) is 3. The van der Waals surface area contributed by atoms with Gasteiger partial charge in [0.05, 0.1) is 12.7 Å². The van der Waals surface area contributed by atoms with Crippen LogP contribution in [-0.4, -0.2) is 36.7 Å². The molecular weight excluding hydrogens is 334 g/mol. The van der Waals surface area contributed by atoms with E-state index in [1.807, 2.05) is 0 Å². The quantitative estimate of drug-likeness (QED) is 0.795. The van der Waals surface area contributed by atoms with Crippen LogP contribution in [0.3, 0.4) is 0 Å². The van der Waals surface area contributed by atoms with E-state index < -0.39 is 0 Å². The number of ether oxygens (including phenoxy) is 2. The van der Waals surface area contributed by atoms with Gasteiger partial charge in [-0.05, 0) is 61.3 Å². The van der Waals surface area contributed by atoms with Gasteiger partial charge in [-0.3, -0.25) is 0 Å². The van der Waals surface area contributed by atoms with Gasteiger partial charge >= 0.3 is 0 Å². The summed E-state index contributed by atoms with van der Waals surface area (Å²) < 4.78 is 12.7. The summed E-state index contributed by atoms with van der Waals surface area (Å²) in [7, 11) is 0. The normalized spacial score (nSPS) is 23.6. The van der Waals surface area contributed by atoms with Crippen LogP contribution in [0.1, 0.15) is 48.5 Å². The van der Waals surface area contributed by atoms with Crippen molar-refractivity contribution in [1.82, 2.24) is 4.90 Å². The average Bonchev–Trinajstić information content (AvgIpc) is 3.13. The van der Waals surface area contributed by atoms with Crippen molar-refractivity contribution in [2.24, 2.45) is 0 Å². The van der Waals surface area contributed by atoms with E-state index in [1.54, 1.807) is 0 Å². The second kappa shape index (κ2) is 7.29. The first kappa shape index (κ1) is 17.3. The molecule has 1 atom stereocenters. The van der Waals surface area contributed by atoms with E-state index in [0.29, 0.717) is 6.10 Å². The molecule has 0 N–H and O–H groups in total. The largest absolute Gasteiger partial charge is 0.487 e. The van der Waals surface area contributed by atoms with Crippen molar-refractivity contribution in [3.8, 4) is 5.75 Å². The van der Waals surface area contributed by atoms with Crippen LogP contribution in [0.5, 0.6) is 5.75 Å². The third-order valence-electron chi connectivity index (χ3n) is 6.72. The zero-order valence-electron chi connectivity index (χ0n) is 16.0. The maximum Gasteiger partial charge on any atom is 0.123 e. The van der Waals surface area contributed by atoms with Gasteiger partial charge in [0.2, 0.25) is 0 Å². The van der Waals surface area contributed by atoms with Crippen LogP contribution in [-0.2, 0) is 17.6 Å². The Labute approximate surface area is 162 Å². The van der Waals surface area contributed by atoms with Crippen molar-refractivity contribution >= 4 is 0 Å². The Morgan fingerprint density at radius 1 is 0.926 bits per heavy atom. The van der Waals surface area contributed by atoms with Crippen LogP contribution in [0.4, 0.5) is 0 Å². The highest BCUT2D eigenvalue weighted by Crippen LogP contribution is 2.39. The Morgan fingerprint density at radius 2 is 1.70 bits per heavy atom. The number of fused-ring (bicyclic) bond motifs is 2. The molecule has 1 aliphatic carbocycles. The second-order valence-corrected chi connectivity index (χ2v) is 8.33. The van der Waals surface area contributed by atoms with Crippen molar-refractivity contribution in [3.63, 3.8) is 0 Å². The highest BCUT2D eigenvalue weighted by atomic mass is 16.5. The SMILES string of the molecule is c1ccc2c(c1)CCC1(CCN(CCO[C@H]3CCc4ccccc43)CC1)O2. The van der Waals surface area contributed by atoms with E-state index in [0.717, 1.165) is 70.5 Å². The number of hydrogen-bond donors (Lipinski definition) is 0. The first-order valence-electron chi connectivity index (χ1n) is 10.5. The molecule has 0 bridgehead atoms. The van der Waals surface area contributed by atoms with Gasteiger partial charge in [0.15, 0.2) is 0 Å². The summed E-state index contributed by atoms with van der Waals surface area (Å²) in [6, 6.07) is 17.3. The fraction of sp³-hybridized carbons (Fsp3) is 0.500. The van der Waals surface area contributed by atoms with Crippen molar-refractivity contribution < 1.29 is 9.47 Å². The first-order chi connectivity index (χ1) is 13.3. The fourth-order valence-corrected chi connectivity index (χ4v) is 5.01. The maximum absolute atomic E-state index is 6.48. The molecule has 3 aliphatic rings. The third-order valence-corrected chi connectivity index (χ3v) is 6.72. The predicted octanol–water partition coefficient (Wildman–Crippen LogP) is 4.55. The lowest BCUT2D eigenvalue weighted by Gasteiger charge is -2.44. The summed E-state index contributed by atoms with van der Waals surface area (Å²) in [5.74, 6) is 1.11. The van der Waals surface area contributed by atoms with E-state index in [1.165, 1.54) is 16.7 Å². The standard InChI is InChI=1S/C24H29NO2/c1-3-7-21-19(5-1)9-10-23(21)26-18-17-25-15-13-24(14-16-25)12-11-20-6-2-4-8-22(20)27-24/h1-8,23H,9-18H2/t23-/m0/s1. The lowest BCUT2D eigenvalue weighted by molar-refractivity contribution is -0.0262. The van der Waals surface area contributed by atoms with Gasteiger partial charge in [0.1, 0.15) is 11.4 Å². The lowest BCUT2D eigenvalue weighted by Crippen LogP contribution is -2.50. The van der Waals surface area contributed by atoms with Gasteiger partial charge < -0.3 is 14.4 Å². The zero-order chi connectivity index (χ0) is 18.1. The summed E-state index contributed by atoms with van der Waals surface area (Å²) in [4.78, 5) is 2.55. The van der Waals surface area contributed by atoms with Crippen LogP contribution in [0.25, 0.3) is 0 Å². The Kier molecular flexibility index (Phi) is 4.66. The predicted molar refractivity (Wildman–Crippen MR) is 107 cm³/mol. The van der Waals surface area contributed by atoms with Gasteiger partial charge in [-0.2, -0.15) is 0 Å². The minimum atomic E-state index is 0.0656. The summed E-state index contributed by atoms with van der Waals surface area (Å²) in [6.45, 7) is 4.10. The molecule has 142 valence electrons. The van der Waals surface area contributed by atoms with Crippen LogP contribution < -0.4 is 4.74 Å². The number of para-hydroxylation sites is 1. The van der Waals surface area contributed by atoms with E-state index in [-0.39, 0.29) is 5.60 Å². The van der Waals surface area contributed by atoms with Crippen LogP contribution >= 0.6 is 0 Å². The molecule has 0 radical (unpaired) electrons. The topological polar surface area (TPSA) is 21.7 Å². The number of benzene rings is 2. The molecule has 2 heterocycles. The molecule has 3 nitrogen and oxygen atoms in total. The number of rotatable bonds is 4. The molecule has 1 saturated heterocycles. The second-order valence-electron chi connectivity index (χ2n) is 8.33. The van der Waals surface area contributed by atoms with E-state index in [4.69, 9.17) is 9.47 Å². The van der Waals surface area contributed by atoms with Crippen molar-refractivity contribution in [2.45, 2.75) is 50.2 Å². The number of aryl methyl sites for hydroxylation is 2. The van der Waals surface area contributed by atoms with Gasteiger partial charge in [-0.15, -0.1) is 0 Å².